The van der Waals surface area contributed by atoms with Crippen LogP contribution in [0.5, 0.6) is 11.5 Å². The fourth-order valence-corrected chi connectivity index (χ4v) is 3.29. The molecule has 0 aliphatic heterocycles. The molecule has 29 heavy (non-hydrogen) atoms. The summed E-state index contributed by atoms with van der Waals surface area (Å²) < 4.78 is 12.0. The molecule has 150 valence electrons. The van der Waals surface area contributed by atoms with Crippen LogP contribution in [0.4, 0.5) is 0 Å². The minimum Gasteiger partial charge on any atom is -0.493 e. The Morgan fingerprint density at radius 1 is 1.31 bits per heavy atom. The average Bonchev–Trinajstić information content (AvgIpc) is 2.69. The van der Waals surface area contributed by atoms with Crippen LogP contribution in [-0.2, 0) is 4.79 Å². The number of nitrogens with zero attached hydrogens (tertiary/aromatic N) is 2. The Balaban J connectivity index is 2.01. The monoisotopic (exact) mass is 509 g/mol. The summed E-state index contributed by atoms with van der Waals surface area (Å²) in [5, 5.41) is 13.4. The van der Waals surface area contributed by atoms with E-state index in [9.17, 15) is 14.4 Å². The molecule has 0 saturated carbocycles. The molecule has 0 saturated heterocycles. The number of nitrogens with one attached hydrogen (secondary N) is 1. The van der Waals surface area contributed by atoms with E-state index in [0.29, 0.717) is 25.8 Å². The number of fused-ring (bicyclic) bond motifs is 1. The number of para-hydroxylation sites is 1. The Hall–Kier alpha value is -3.15. The van der Waals surface area contributed by atoms with E-state index in [2.05, 4.69) is 10.1 Å². The van der Waals surface area contributed by atoms with Crippen LogP contribution in [0.3, 0.4) is 0 Å². The van der Waals surface area contributed by atoms with Gasteiger partial charge in [0.05, 0.1) is 27.8 Å². The molecule has 1 heterocycles. The summed E-state index contributed by atoms with van der Waals surface area (Å²) >= 11 is 1.97. The topological polar surface area (TPSA) is 123 Å². The third kappa shape index (κ3) is 4.31. The van der Waals surface area contributed by atoms with E-state index in [4.69, 9.17) is 14.6 Å². The number of methoxy groups -OCH3 is 1. The molecule has 0 fully saturated rings. The fraction of sp³-hybridized carbons (Fsp3) is 0.158. The van der Waals surface area contributed by atoms with Crippen LogP contribution < -0.4 is 20.7 Å². The average molecular weight is 509 g/mol. The Morgan fingerprint density at radius 2 is 2.03 bits per heavy atom. The van der Waals surface area contributed by atoms with Gasteiger partial charge in [-0.1, -0.05) is 12.1 Å². The molecular formula is C19H16IN3O6. The Kier molecular flexibility index (Phi) is 6.01. The van der Waals surface area contributed by atoms with E-state index in [0.717, 1.165) is 4.68 Å². The quantitative estimate of drug-likeness (QED) is 0.388. The summed E-state index contributed by atoms with van der Waals surface area (Å²) in [7, 11) is 1.42. The smallest absolute Gasteiger partial charge is 0.349 e. The Bertz CT molecular complexity index is 1230. The lowest BCUT2D eigenvalue weighted by molar-refractivity contribution is -0.144. The van der Waals surface area contributed by atoms with E-state index < -0.39 is 23.3 Å². The number of hydrogen-bond acceptors (Lipinski definition) is 6. The third-order valence-corrected chi connectivity index (χ3v) is 4.80. The van der Waals surface area contributed by atoms with Crippen LogP contribution in [-0.4, -0.2) is 40.2 Å². The zero-order chi connectivity index (χ0) is 21.1. The highest BCUT2D eigenvalue weighted by Gasteiger charge is 2.18. The Morgan fingerprint density at radius 3 is 2.72 bits per heavy atom. The summed E-state index contributed by atoms with van der Waals surface area (Å²) in [6, 6.07) is 9.87. The molecule has 3 aromatic rings. The summed E-state index contributed by atoms with van der Waals surface area (Å²) in [6.07, 6.45) is 0.271. The molecular weight excluding hydrogens is 493 g/mol. The number of aromatic amines is 1. The molecule has 2 aromatic carbocycles. The molecule has 1 aromatic heterocycles. The van der Waals surface area contributed by atoms with Gasteiger partial charge in [0.15, 0.2) is 17.6 Å². The molecule has 0 aliphatic rings. The first-order chi connectivity index (χ1) is 13.8. The molecule has 10 heteroatoms. The molecule has 0 radical (unpaired) electrons. The van der Waals surface area contributed by atoms with Crippen molar-refractivity contribution in [3.8, 4) is 11.5 Å². The molecule has 0 unspecified atom stereocenters. The van der Waals surface area contributed by atoms with E-state index in [-0.39, 0.29) is 5.75 Å². The van der Waals surface area contributed by atoms with Gasteiger partial charge >= 0.3 is 11.7 Å². The molecule has 0 spiro atoms. The van der Waals surface area contributed by atoms with Gasteiger partial charge in [-0.3, -0.25) is 4.79 Å². The van der Waals surface area contributed by atoms with Gasteiger partial charge in [-0.05, 0) is 59.3 Å². The number of ether oxygens (including phenoxy) is 2. The maximum absolute atomic E-state index is 12.5. The minimum absolute atomic E-state index is 0.279. The van der Waals surface area contributed by atoms with Crippen LogP contribution in [0.15, 0.2) is 51.1 Å². The van der Waals surface area contributed by atoms with Gasteiger partial charge in [-0.2, -0.15) is 5.10 Å². The second kappa shape index (κ2) is 8.47. The predicted octanol–water partition coefficient (Wildman–Crippen LogP) is 2.04. The van der Waals surface area contributed by atoms with E-state index in [1.54, 1.807) is 36.4 Å². The number of carboxylic acid groups (broad SMARTS) is 1. The maximum atomic E-state index is 12.5. The van der Waals surface area contributed by atoms with Crippen molar-refractivity contribution < 1.29 is 19.4 Å². The largest absolute Gasteiger partial charge is 0.493 e. The first-order valence-corrected chi connectivity index (χ1v) is 9.45. The number of carbonyl (C=O) groups is 1. The van der Waals surface area contributed by atoms with Crippen LogP contribution >= 0.6 is 22.6 Å². The number of hydrogen-bond donors (Lipinski definition) is 2. The Labute approximate surface area is 177 Å². The van der Waals surface area contributed by atoms with Crippen molar-refractivity contribution in [3.05, 3.63) is 66.4 Å². The van der Waals surface area contributed by atoms with Crippen molar-refractivity contribution in [2.45, 2.75) is 13.0 Å². The van der Waals surface area contributed by atoms with Gasteiger partial charge < -0.3 is 19.6 Å². The van der Waals surface area contributed by atoms with Crippen molar-refractivity contribution in [2.24, 2.45) is 5.10 Å². The maximum Gasteiger partial charge on any atom is 0.349 e. The van der Waals surface area contributed by atoms with Crippen LogP contribution in [0, 0.1) is 3.57 Å². The lowest BCUT2D eigenvalue weighted by atomic mass is 10.2. The lowest BCUT2D eigenvalue weighted by Gasteiger charge is -2.16. The molecule has 3 rings (SSSR count). The summed E-state index contributed by atoms with van der Waals surface area (Å²) in [4.78, 5) is 38.4. The molecule has 2 N–H and O–H groups in total. The number of aliphatic carboxylic acids is 1. The standard InChI is InChI=1S/C19H16IN3O6/c1-10(18(25)26)29-16-13(20)7-11(8-15(16)28-2)9-21-23-17(24)12-5-3-4-6-14(12)22-19(23)27/h3-10H,1-2H3,(H,22,27)(H,25,26)/t10-/m0/s1. The van der Waals surface area contributed by atoms with E-state index in [1.165, 1.54) is 20.2 Å². The summed E-state index contributed by atoms with van der Waals surface area (Å²) in [6.45, 7) is 1.41. The summed E-state index contributed by atoms with van der Waals surface area (Å²) in [5.41, 5.74) is -0.250. The van der Waals surface area contributed by atoms with Gasteiger partial charge in [0.25, 0.3) is 5.56 Å². The van der Waals surface area contributed by atoms with Crippen molar-refractivity contribution >= 4 is 45.7 Å². The van der Waals surface area contributed by atoms with Crippen molar-refractivity contribution in [1.29, 1.82) is 0 Å². The van der Waals surface area contributed by atoms with Gasteiger partial charge in [-0.15, -0.1) is 4.68 Å². The van der Waals surface area contributed by atoms with Gasteiger partial charge in [0.1, 0.15) is 0 Å². The first-order valence-electron chi connectivity index (χ1n) is 8.37. The number of H-pyrrole nitrogens is 1. The zero-order valence-electron chi connectivity index (χ0n) is 15.4. The first kappa shape index (κ1) is 20.6. The third-order valence-electron chi connectivity index (χ3n) is 4.00. The SMILES string of the molecule is COc1cc(C=Nn2c(=O)[nH]c3ccccc3c2=O)cc(I)c1O[C@@H](C)C(=O)O. The zero-order valence-corrected chi connectivity index (χ0v) is 17.5. The van der Waals surface area contributed by atoms with Crippen molar-refractivity contribution in [1.82, 2.24) is 9.66 Å². The molecule has 0 aliphatic carbocycles. The lowest BCUT2D eigenvalue weighted by Crippen LogP contribution is -2.32. The normalized spacial score (nSPS) is 12.2. The highest BCUT2D eigenvalue weighted by atomic mass is 127. The molecule has 1 atom stereocenters. The number of carboxylic acids is 1. The highest BCUT2D eigenvalue weighted by Crippen LogP contribution is 2.34. The van der Waals surface area contributed by atoms with Crippen LogP contribution in [0.1, 0.15) is 12.5 Å². The summed E-state index contributed by atoms with van der Waals surface area (Å²) in [5.74, 6) is -0.532. The van der Waals surface area contributed by atoms with Gasteiger partial charge in [-0.25, -0.2) is 9.59 Å². The van der Waals surface area contributed by atoms with Gasteiger partial charge in [0.2, 0.25) is 0 Å². The molecule has 9 nitrogen and oxygen atoms in total. The number of aromatic nitrogens is 2. The fourth-order valence-electron chi connectivity index (χ4n) is 2.54. The second-order valence-electron chi connectivity index (χ2n) is 5.97. The van der Waals surface area contributed by atoms with E-state index >= 15 is 0 Å². The number of halogens is 1. The molecule has 0 amide bonds. The number of benzene rings is 2. The minimum atomic E-state index is -1.11. The van der Waals surface area contributed by atoms with Crippen LogP contribution in [0.25, 0.3) is 10.9 Å². The predicted molar refractivity (Wildman–Crippen MR) is 115 cm³/mol. The van der Waals surface area contributed by atoms with Gasteiger partial charge in [0, 0.05) is 0 Å². The number of rotatable bonds is 6. The van der Waals surface area contributed by atoms with Crippen LogP contribution in [0.2, 0.25) is 0 Å². The highest BCUT2D eigenvalue weighted by molar-refractivity contribution is 14.1. The van der Waals surface area contributed by atoms with Crippen molar-refractivity contribution in [3.63, 3.8) is 0 Å². The second-order valence-corrected chi connectivity index (χ2v) is 7.13. The molecule has 0 bridgehead atoms. The van der Waals surface area contributed by atoms with E-state index in [1.807, 2.05) is 22.6 Å². The van der Waals surface area contributed by atoms with Crippen molar-refractivity contribution in [2.75, 3.05) is 7.11 Å².